The molecule has 0 aromatic heterocycles. The van der Waals surface area contributed by atoms with Crippen molar-refractivity contribution in [3.63, 3.8) is 0 Å². The summed E-state index contributed by atoms with van der Waals surface area (Å²) in [7, 11) is 0. The molecule has 0 radical (unpaired) electrons. The Bertz CT molecular complexity index is 591. The van der Waals surface area contributed by atoms with Crippen LogP contribution >= 0.6 is 11.6 Å². The number of benzene rings is 1. The summed E-state index contributed by atoms with van der Waals surface area (Å²) in [5.74, 6) is -0.635. The van der Waals surface area contributed by atoms with E-state index in [2.05, 4.69) is 0 Å². The van der Waals surface area contributed by atoms with Gasteiger partial charge in [-0.15, -0.1) is 0 Å². The number of amides is 3. The fraction of sp³-hybridized carbons (Fsp3) is 0.400. The van der Waals surface area contributed by atoms with Crippen molar-refractivity contribution in [2.24, 2.45) is 5.73 Å². The second kappa shape index (κ2) is 8.99. The van der Waals surface area contributed by atoms with Gasteiger partial charge in [0.15, 0.2) is 6.10 Å². The predicted octanol–water partition coefficient (Wildman–Crippen LogP) is 1.93. The number of urea groups is 1. The predicted molar refractivity (Wildman–Crippen MR) is 84.2 cm³/mol. The van der Waals surface area contributed by atoms with Crippen LogP contribution in [0, 0.1) is 6.92 Å². The van der Waals surface area contributed by atoms with Crippen LogP contribution in [0.5, 0.6) is 5.75 Å². The van der Waals surface area contributed by atoms with Crippen LogP contribution in [-0.2, 0) is 14.3 Å². The summed E-state index contributed by atoms with van der Waals surface area (Å²) in [6, 6.07) is 4.26. The Morgan fingerprint density at radius 2 is 2.04 bits per heavy atom. The summed E-state index contributed by atoms with van der Waals surface area (Å²) < 4.78 is 10.4. The van der Waals surface area contributed by atoms with Gasteiger partial charge in [0.2, 0.25) is 0 Å². The van der Waals surface area contributed by atoms with Crippen LogP contribution in [0.2, 0.25) is 5.02 Å². The van der Waals surface area contributed by atoms with E-state index < -0.39 is 24.0 Å². The maximum absolute atomic E-state index is 11.6. The standard InChI is InChI=1S/C15H19ClN2O5/c1-9-8-11(16)5-6-12(9)22-7-3-4-13(19)23-10(2)14(20)18-15(17)21/h5-6,8,10H,3-4,7H2,1-2H3,(H3,17,18,20,21)/t10-/m1/s1. The monoisotopic (exact) mass is 342 g/mol. The van der Waals surface area contributed by atoms with Crippen LogP contribution in [0.3, 0.4) is 0 Å². The molecule has 0 saturated heterocycles. The number of hydrogen-bond acceptors (Lipinski definition) is 5. The number of hydrogen-bond donors (Lipinski definition) is 2. The molecule has 3 N–H and O–H groups in total. The number of primary amides is 1. The maximum atomic E-state index is 11.6. The Balaban J connectivity index is 2.28. The lowest BCUT2D eigenvalue weighted by Crippen LogP contribution is -2.42. The van der Waals surface area contributed by atoms with Gasteiger partial charge in [-0.05, 0) is 44.0 Å². The Hall–Kier alpha value is -2.28. The number of rotatable bonds is 7. The minimum absolute atomic E-state index is 0.0842. The van der Waals surface area contributed by atoms with E-state index in [0.29, 0.717) is 23.8 Å². The van der Waals surface area contributed by atoms with E-state index >= 15 is 0 Å². The van der Waals surface area contributed by atoms with Crippen LogP contribution in [0.4, 0.5) is 4.79 Å². The highest BCUT2D eigenvalue weighted by molar-refractivity contribution is 6.30. The van der Waals surface area contributed by atoms with Crippen LogP contribution in [-0.4, -0.2) is 30.6 Å². The fourth-order valence-electron chi connectivity index (χ4n) is 1.71. The van der Waals surface area contributed by atoms with Crippen LogP contribution in [0.1, 0.15) is 25.3 Å². The van der Waals surface area contributed by atoms with E-state index in [1.54, 1.807) is 18.2 Å². The molecule has 0 aliphatic rings. The third-order valence-corrected chi connectivity index (χ3v) is 3.08. The van der Waals surface area contributed by atoms with E-state index in [9.17, 15) is 14.4 Å². The second-order valence-electron chi connectivity index (χ2n) is 4.85. The van der Waals surface area contributed by atoms with Gasteiger partial charge in [0.05, 0.1) is 6.61 Å². The van der Waals surface area contributed by atoms with Crippen molar-refractivity contribution in [2.45, 2.75) is 32.8 Å². The molecule has 1 aromatic rings. The molecule has 0 unspecified atom stereocenters. The zero-order valence-corrected chi connectivity index (χ0v) is 13.7. The minimum atomic E-state index is -1.09. The Morgan fingerprint density at radius 3 is 2.65 bits per heavy atom. The summed E-state index contributed by atoms with van der Waals surface area (Å²) in [5, 5.41) is 2.46. The van der Waals surface area contributed by atoms with E-state index in [1.165, 1.54) is 6.92 Å². The zero-order chi connectivity index (χ0) is 17.4. The van der Waals surface area contributed by atoms with Crippen LogP contribution in [0.25, 0.3) is 0 Å². The molecular formula is C15H19ClN2O5. The number of esters is 1. The summed E-state index contributed by atoms with van der Waals surface area (Å²) in [5.41, 5.74) is 5.70. The number of nitrogens with two attached hydrogens (primary N) is 1. The van der Waals surface area contributed by atoms with Crippen molar-refractivity contribution in [3.8, 4) is 5.75 Å². The molecule has 1 atom stereocenters. The first-order valence-electron chi connectivity index (χ1n) is 6.98. The largest absolute Gasteiger partial charge is 0.493 e. The Kier molecular flexibility index (Phi) is 7.34. The topological polar surface area (TPSA) is 108 Å². The lowest BCUT2D eigenvalue weighted by Gasteiger charge is -2.12. The van der Waals surface area contributed by atoms with E-state index in [4.69, 9.17) is 26.8 Å². The van der Waals surface area contributed by atoms with Crippen molar-refractivity contribution >= 4 is 29.5 Å². The summed E-state index contributed by atoms with van der Waals surface area (Å²) >= 11 is 5.85. The molecule has 0 aliphatic heterocycles. The third kappa shape index (κ3) is 7.01. The van der Waals surface area contributed by atoms with Crippen molar-refractivity contribution in [1.82, 2.24) is 5.32 Å². The molecule has 8 heteroatoms. The molecule has 0 spiro atoms. The molecule has 3 amide bonds. The highest BCUT2D eigenvalue weighted by Gasteiger charge is 2.18. The first-order valence-corrected chi connectivity index (χ1v) is 7.36. The first-order chi connectivity index (χ1) is 10.8. The van der Waals surface area contributed by atoms with Gasteiger partial charge in [-0.1, -0.05) is 11.6 Å². The normalized spacial score (nSPS) is 11.4. The molecule has 23 heavy (non-hydrogen) atoms. The molecule has 1 rings (SSSR count). The van der Waals surface area contributed by atoms with Crippen LogP contribution in [0.15, 0.2) is 18.2 Å². The Morgan fingerprint density at radius 1 is 1.35 bits per heavy atom. The molecule has 0 aliphatic carbocycles. The van der Waals surface area contributed by atoms with Gasteiger partial charge in [0.25, 0.3) is 5.91 Å². The average Bonchev–Trinajstić information content (AvgIpc) is 2.44. The smallest absolute Gasteiger partial charge is 0.318 e. The van der Waals surface area contributed by atoms with Crippen molar-refractivity contribution in [1.29, 1.82) is 0 Å². The number of carbonyl (C=O) groups excluding carboxylic acids is 3. The fourth-order valence-corrected chi connectivity index (χ4v) is 1.93. The average molecular weight is 343 g/mol. The molecule has 1 aromatic carbocycles. The van der Waals surface area contributed by atoms with Gasteiger partial charge in [-0.3, -0.25) is 14.9 Å². The van der Waals surface area contributed by atoms with Crippen LogP contribution < -0.4 is 15.8 Å². The highest BCUT2D eigenvalue weighted by Crippen LogP contribution is 2.21. The number of nitrogens with one attached hydrogen (secondary N) is 1. The molecular weight excluding hydrogens is 324 g/mol. The van der Waals surface area contributed by atoms with Gasteiger partial charge < -0.3 is 15.2 Å². The molecule has 0 fully saturated rings. The number of aryl methyl sites for hydroxylation is 1. The van der Waals surface area contributed by atoms with Crippen molar-refractivity contribution in [3.05, 3.63) is 28.8 Å². The zero-order valence-electron chi connectivity index (χ0n) is 12.9. The van der Waals surface area contributed by atoms with Gasteiger partial charge >= 0.3 is 12.0 Å². The Labute approximate surface area is 139 Å². The van der Waals surface area contributed by atoms with E-state index in [1.807, 2.05) is 12.2 Å². The molecule has 126 valence electrons. The summed E-state index contributed by atoms with van der Waals surface area (Å²) in [6.45, 7) is 3.54. The minimum Gasteiger partial charge on any atom is -0.493 e. The van der Waals surface area contributed by atoms with Crippen molar-refractivity contribution in [2.75, 3.05) is 6.61 Å². The number of carbonyl (C=O) groups is 3. The molecule has 0 bridgehead atoms. The van der Waals surface area contributed by atoms with E-state index in [0.717, 1.165) is 5.56 Å². The number of halogens is 1. The van der Waals surface area contributed by atoms with Gasteiger partial charge in [-0.2, -0.15) is 0 Å². The lowest BCUT2D eigenvalue weighted by molar-refractivity contribution is -0.154. The molecule has 7 nitrogen and oxygen atoms in total. The molecule has 0 heterocycles. The van der Waals surface area contributed by atoms with Gasteiger partial charge in [0, 0.05) is 11.4 Å². The SMILES string of the molecule is Cc1cc(Cl)ccc1OCCCC(=O)O[C@H](C)C(=O)NC(N)=O. The summed E-state index contributed by atoms with van der Waals surface area (Å²) in [4.78, 5) is 33.4. The first kappa shape index (κ1) is 18.8. The number of ether oxygens (including phenoxy) is 2. The molecule has 0 saturated carbocycles. The number of imide groups is 1. The maximum Gasteiger partial charge on any atom is 0.318 e. The van der Waals surface area contributed by atoms with Crippen molar-refractivity contribution < 1.29 is 23.9 Å². The van der Waals surface area contributed by atoms with Gasteiger partial charge in [0.1, 0.15) is 5.75 Å². The summed E-state index contributed by atoms with van der Waals surface area (Å²) in [6.07, 6.45) is -0.583. The lowest BCUT2D eigenvalue weighted by atomic mass is 10.2. The van der Waals surface area contributed by atoms with Gasteiger partial charge in [-0.25, -0.2) is 4.79 Å². The second-order valence-corrected chi connectivity index (χ2v) is 5.28. The third-order valence-electron chi connectivity index (χ3n) is 2.84. The highest BCUT2D eigenvalue weighted by atomic mass is 35.5. The quantitative estimate of drug-likeness (QED) is 0.581. The van der Waals surface area contributed by atoms with E-state index in [-0.39, 0.29) is 6.42 Å².